The maximum atomic E-state index is 6.35. The van der Waals surface area contributed by atoms with E-state index in [1.165, 1.54) is 5.56 Å². The molecule has 0 N–H and O–H groups in total. The number of hydrogen-bond acceptors (Lipinski definition) is 2. The summed E-state index contributed by atoms with van der Waals surface area (Å²) >= 11 is 20.4. The van der Waals surface area contributed by atoms with Crippen LogP contribution in [-0.2, 0) is 13.0 Å². The monoisotopic (exact) mass is 411 g/mol. The van der Waals surface area contributed by atoms with Crippen LogP contribution >= 0.6 is 46.6 Å². The maximum Gasteiger partial charge on any atom is 1.00 e. The van der Waals surface area contributed by atoms with Crippen molar-refractivity contribution < 1.29 is 1.43 Å². The zero-order chi connectivity index (χ0) is 17.6. The van der Waals surface area contributed by atoms with Gasteiger partial charge in [0.25, 0.3) is 0 Å². The highest BCUT2D eigenvalue weighted by atomic mass is 35.5. The van der Waals surface area contributed by atoms with Gasteiger partial charge >= 0.3 is 1.43 Å². The molecule has 3 aromatic rings. The zero-order valence-corrected chi connectivity index (χ0v) is 16.5. The first kappa shape index (κ1) is 18.7. The smallest absolute Gasteiger partial charge is 0.336 e. The van der Waals surface area contributed by atoms with Crippen molar-refractivity contribution in [3.8, 4) is 0 Å². The summed E-state index contributed by atoms with van der Waals surface area (Å²) in [5.41, 5.74) is 1.27. The summed E-state index contributed by atoms with van der Waals surface area (Å²) in [4.78, 5) is 5.07. The molecule has 0 radical (unpaired) electrons. The van der Waals surface area contributed by atoms with Gasteiger partial charge in [0.2, 0.25) is 0 Å². The van der Waals surface area contributed by atoms with Crippen molar-refractivity contribution in [3.63, 3.8) is 0 Å². The SMILES string of the molecule is Clc1ccc(CCC(Cn2ccnc2)Sc2c(Cl)cccc2Cl)cc1.[H+]. The molecule has 3 rings (SSSR count). The van der Waals surface area contributed by atoms with E-state index >= 15 is 0 Å². The van der Waals surface area contributed by atoms with Crippen molar-refractivity contribution in [1.82, 2.24) is 9.55 Å². The molecule has 0 fully saturated rings. The number of rotatable bonds is 7. The summed E-state index contributed by atoms with van der Waals surface area (Å²) in [5, 5.41) is 2.47. The summed E-state index contributed by atoms with van der Waals surface area (Å²) in [6.07, 6.45) is 7.56. The standard InChI is InChI=1S/C19H17Cl3N2S/c20-15-7-4-14(5-8-15)6-9-16(12-24-11-10-23-13-24)25-19-17(21)2-1-3-18(19)22/h1-5,7-8,10-11,13,16H,6,9,12H2/p+1. The number of benzene rings is 2. The summed E-state index contributed by atoms with van der Waals surface area (Å²) in [7, 11) is 0. The second-order valence-electron chi connectivity index (χ2n) is 5.72. The molecule has 130 valence electrons. The van der Waals surface area contributed by atoms with E-state index in [2.05, 4.69) is 21.7 Å². The maximum absolute atomic E-state index is 6.35. The van der Waals surface area contributed by atoms with Gasteiger partial charge in [-0.25, -0.2) is 4.98 Å². The fourth-order valence-corrected chi connectivity index (χ4v) is 4.53. The van der Waals surface area contributed by atoms with Crippen LogP contribution in [0, 0.1) is 0 Å². The van der Waals surface area contributed by atoms with Crippen molar-refractivity contribution in [3.05, 3.63) is 81.8 Å². The number of thioether (sulfide) groups is 1. The van der Waals surface area contributed by atoms with Gasteiger partial charge in [0.15, 0.2) is 0 Å². The first-order valence-electron chi connectivity index (χ1n) is 7.92. The molecule has 0 aliphatic rings. The third-order valence-electron chi connectivity index (χ3n) is 3.85. The van der Waals surface area contributed by atoms with Gasteiger partial charge in [0.05, 0.1) is 16.4 Å². The molecular formula is C19H18Cl3N2S+. The molecule has 0 aliphatic heterocycles. The summed E-state index contributed by atoms with van der Waals surface area (Å²) < 4.78 is 2.09. The van der Waals surface area contributed by atoms with Gasteiger partial charge in [-0.2, -0.15) is 0 Å². The fraction of sp³-hybridized carbons (Fsp3) is 0.211. The van der Waals surface area contributed by atoms with Crippen LogP contribution in [0.5, 0.6) is 0 Å². The van der Waals surface area contributed by atoms with Crippen LogP contribution in [0.2, 0.25) is 15.1 Å². The highest BCUT2D eigenvalue weighted by Crippen LogP contribution is 2.38. The Labute approximate surface area is 168 Å². The highest BCUT2D eigenvalue weighted by Gasteiger charge is 2.16. The molecule has 6 heteroatoms. The number of aromatic nitrogens is 2. The van der Waals surface area contributed by atoms with Crippen LogP contribution in [0.25, 0.3) is 0 Å². The minimum atomic E-state index is 0. The predicted molar refractivity (Wildman–Crippen MR) is 109 cm³/mol. The molecule has 1 aromatic heterocycles. The Balaban J connectivity index is 0.00000243. The molecule has 0 bridgehead atoms. The third kappa shape index (κ3) is 5.42. The van der Waals surface area contributed by atoms with Gasteiger partial charge in [-0.15, -0.1) is 11.8 Å². The van der Waals surface area contributed by atoms with E-state index in [1.807, 2.05) is 42.9 Å². The fourth-order valence-electron chi connectivity index (χ4n) is 2.56. The Hall–Kier alpha value is -1.13. The minimum Gasteiger partial charge on any atom is -0.336 e. The molecule has 1 heterocycles. The van der Waals surface area contributed by atoms with Crippen LogP contribution in [0.4, 0.5) is 0 Å². The lowest BCUT2D eigenvalue weighted by Gasteiger charge is -2.19. The van der Waals surface area contributed by atoms with E-state index in [1.54, 1.807) is 18.0 Å². The number of hydrogen-bond donors (Lipinski definition) is 0. The quantitative estimate of drug-likeness (QED) is 0.399. The second-order valence-corrected chi connectivity index (χ2v) is 8.28. The van der Waals surface area contributed by atoms with Gasteiger partial charge in [-0.3, -0.25) is 0 Å². The van der Waals surface area contributed by atoms with E-state index in [4.69, 9.17) is 34.8 Å². The van der Waals surface area contributed by atoms with Gasteiger partial charge < -0.3 is 4.57 Å². The lowest BCUT2D eigenvalue weighted by atomic mass is 10.1. The summed E-state index contributed by atoms with van der Waals surface area (Å²) in [6.45, 7) is 0.847. The third-order valence-corrected chi connectivity index (χ3v) is 6.35. The van der Waals surface area contributed by atoms with Crippen molar-refractivity contribution in [2.45, 2.75) is 29.5 Å². The molecule has 0 saturated carbocycles. The topological polar surface area (TPSA) is 17.8 Å². The van der Waals surface area contributed by atoms with E-state index in [-0.39, 0.29) is 1.43 Å². The lowest BCUT2D eigenvalue weighted by Crippen LogP contribution is -2.13. The molecule has 2 aromatic carbocycles. The molecule has 1 atom stereocenters. The number of halogens is 3. The molecule has 1 unspecified atom stereocenters. The van der Waals surface area contributed by atoms with Gasteiger partial charge in [0, 0.05) is 34.1 Å². The largest absolute Gasteiger partial charge is 1.00 e. The number of imidazole rings is 1. The van der Waals surface area contributed by atoms with Crippen LogP contribution in [0.3, 0.4) is 0 Å². The molecule has 0 spiro atoms. The van der Waals surface area contributed by atoms with E-state index < -0.39 is 0 Å². The predicted octanol–water partition coefficient (Wildman–Crippen LogP) is 6.75. The number of aryl methyl sites for hydroxylation is 1. The van der Waals surface area contributed by atoms with Crippen LogP contribution < -0.4 is 0 Å². The Morgan fingerprint density at radius 1 is 1.04 bits per heavy atom. The van der Waals surface area contributed by atoms with E-state index in [0.29, 0.717) is 15.3 Å². The van der Waals surface area contributed by atoms with Crippen molar-refractivity contribution >= 4 is 46.6 Å². The molecule has 0 saturated heterocycles. The summed E-state index contributed by atoms with van der Waals surface area (Å²) in [6, 6.07) is 13.6. The minimum absolute atomic E-state index is 0. The lowest BCUT2D eigenvalue weighted by molar-refractivity contribution is 0.624. The Bertz CT molecular complexity index is 790. The van der Waals surface area contributed by atoms with Gasteiger partial charge in [-0.05, 0) is 42.7 Å². The van der Waals surface area contributed by atoms with E-state index in [9.17, 15) is 0 Å². The van der Waals surface area contributed by atoms with Gasteiger partial charge in [0.1, 0.15) is 0 Å². The van der Waals surface area contributed by atoms with Crippen molar-refractivity contribution in [2.24, 2.45) is 0 Å². The first-order chi connectivity index (χ1) is 12.1. The van der Waals surface area contributed by atoms with Gasteiger partial charge in [-0.1, -0.05) is 53.0 Å². The van der Waals surface area contributed by atoms with Crippen LogP contribution in [0.1, 0.15) is 13.4 Å². The highest BCUT2D eigenvalue weighted by molar-refractivity contribution is 8.00. The molecule has 0 amide bonds. The molecule has 0 aliphatic carbocycles. The van der Waals surface area contributed by atoms with E-state index in [0.717, 1.165) is 29.3 Å². The average molecular weight is 413 g/mol. The number of nitrogens with zero attached hydrogens (tertiary/aromatic N) is 2. The van der Waals surface area contributed by atoms with Crippen LogP contribution in [-0.4, -0.2) is 14.8 Å². The second kappa shape index (κ2) is 9.00. The zero-order valence-electron chi connectivity index (χ0n) is 14.4. The molecule has 2 nitrogen and oxygen atoms in total. The Morgan fingerprint density at radius 3 is 2.40 bits per heavy atom. The van der Waals surface area contributed by atoms with Crippen molar-refractivity contribution in [1.29, 1.82) is 0 Å². The summed E-state index contributed by atoms with van der Waals surface area (Å²) in [5.74, 6) is 0. The Kier molecular flexibility index (Phi) is 6.71. The molecular weight excluding hydrogens is 395 g/mol. The first-order valence-corrected chi connectivity index (χ1v) is 9.94. The van der Waals surface area contributed by atoms with Crippen LogP contribution in [0.15, 0.2) is 66.1 Å². The Morgan fingerprint density at radius 2 is 1.76 bits per heavy atom. The average Bonchev–Trinajstić information content (AvgIpc) is 3.10. The normalized spacial score (nSPS) is 12.3. The van der Waals surface area contributed by atoms with Crippen molar-refractivity contribution in [2.75, 3.05) is 0 Å². The molecule has 25 heavy (non-hydrogen) atoms.